The first kappa shape index (κ1) is 24.1. The highest BCUT2D eigenvalue weighted by molar-refractivity contribution is 6.71. The zero-order valence-corrected chi connectivity index (χ0v) is 18.7. The number of hydrogen-bond acceptors (Lipinski definition) is 4. The molecule has 0 aliphatic rings. The summed E-state index contributed by atoms with van der Waals surface area (Å²) in [5, 5.41) is 0. The summed E-state index contributed by atoms with van der Waals surface area (Å²) in [5.74, 6) is 0. The van der Waals surface area contributed by atoms with E-state index in [9.17, 15) is 0 Å². The highest BCUT2D eigenvalue weighted by atomic mass is 28.4. The average molecular weight is 360 g/mol. The molecule has 24 heavy (non-hydrogen) atoms. The van der Waals surface area contributed by atoms with E-state index in [4.69, 9.17) is 4.43 Å². The Morgan fingerprint density at radius 2 is 1.00 bits per heavy atom. The molecule has 0 unspecified atom stereocenters. The summed E-state index contributed by atoms with van der Waals surface area (Å²) in [6.45, 7) is 26.2. The molecule has 4 nitrogen and oxygen atoms in total. The topological polar surface area (TPSA) is 19.0 Å². The average Bonchev–Trinajstić information content (AvgIpc) is 2.55. The Kier molecular flexibility index (Phi) is 14.3. The lowest BCUT2D eigenvalue weighted by atomic mass is 10.3. The van der Waals surface area contributed by atoms with Crippen molar-refractivity contribution in [2.24, 2.45) is 0 Å². The van der Waals surface area contributed by atoms with Gasteiger partial charge in [0, 0.05) is 12.8 Å². The van der Waals surface area contributed by atoms with Gasteiger partial charge in [-0.15, -0.1) is 0 Å². The van der Waals surface area contributed by atoms with Crippen molar-refractivity contribution in [3.63, 3.8) is 0 Å². The summed E-state index contributed by atoms with van der Waals surface area (Å²) < 4.78 is 6.08. The first-order valence-corrected chi connectivity index (χ1v) is 13.3. The van der Waals surface area contributed by atoms with Gasteiger partial charge in [0.15, 0.2) is 8.32 Å². The maximum absolute atomic E-state index is 6.08. The fraction of sp³-hybridized carbons (Fsp3) is 1.00. The Morgan fingerprint density at radius 1 is 0.625 bits per heavy atom. The maximum Gasteiger partial charge on any atom is 0.200 e. The lowest BCUT2D eigenvalue weighted by Gasteiger charge is -2.32. The van der Waals surface area contributed by atoms with Gasteiger partial charge in [-0.25, -0.2) is 0 Å². The van der Waals surface area contributed by atoms with Crippen molar-refractivity contribution >= 4 is 8.32 Å². The van der Waals surface area contributed by atoms with Crippen LogP contribution in [0.5, 0.6) is 0 Å². The van der Waals surface area contributed by atoms with E-state index in [2.05, 4.69) is 62.4 Å². The summed E-state index contributed by atoms with van der Waals surface area (Å²) in [6, 6.07) is 0. The molecule has 0 fully saturated rings. The van der Waals surface area contributed by atoms with Crippen molar-refractivity contribution in [1.82, 2.24) is 14.7 Å². The smallest absolute Gasteiger partial charge is 0.200 e. The molecule has 0 aromatic heterocycles. The van der Waals surface area contributed by atoms with Gasteiger partial charge in [-0.05, 0) is 85.2 Å². The Labute approximate surface area is 153 Å². The van der Waals surface area contributed by atoms with Crippen molar-refractivity contribution in [1.29, 1.82) is 0 Å². The van der Waals surface area contributed by atoms with Crippen molar-refractivity contribution < 1.29 is 4.43 Å². The molecule has 5 heteroatoms. The predicted octanol–water partition coefficient (Wildman–Crippen LogP) is 3.53. The highest BCUT2D eigenvalue weighted by Crippen LogP contribution is 2.09. The first-order chi connectivity index (χ1) is 11.4. The molecule has 0 rings (SSSR count). The summed E-state index contributed by atoms with van der Waals surface area (Å²) >= 11 is 0. The molecule has 0 spiro atoms. The van der Waals surface area contributed by atoms with E-state index in [1.54, 1.807) is 0 Å². The molecule has 0 aliphatic heterocycles. The van der Waals surface area contributed by atoms with Crippen LogP contribution in [0.15, 0.2) is 0 Å². The second kappa shape index (κ2) is 14.2. The van der Waals surface area contributed by atoms with Crippen LogP contribution in [0.3, 0.4) is 0 Å². The van der Waals surface area contributed by atoms with Crippen LogP contribution in [0.4, 0.5) is 0 Å². The predicted molar refractivity (Wildman–Crippen MR) is 110 cm³/mol. The zero-order chi connectivity index (χ0) is 18.4. The monoisotopic (exact) mass is 359 g/mol. The zero-order valence-electron chi connectivity index (χ0n) is 17.7. The van der Waals surface area contributed by atoms with Crippen LogP contribution in [0.1, 0.15) is 47.5 Å². The third-order valence-electron chi connectivity index (χ3n) is 4.83. The van der Waals surface area contributed by atoms with Gasteiger partial charge in [-0.1, -0.05) is 27.7 Å². The second-order valence-electron chi connectivity index (χ2n) is 7.23. The van der Waals surface area contributed by atoms with E-state index < -0.39 is 8.32 Å². The van der Waals surface area contributed by atoms with Crippen LogP contribution in [-0.4, -0.2) is 88.2 Å². The van der Waals surface area contributed by atoms with Crippen molar-refractivity contribution in [3.05, 3.63) is 0 Å². The van der Waals surface area contributed by atoms with Crippen molar-refractivity contribution in [2.45, 2.75) is 60.6 Å². The van der Waals surface area contributed by atoms with E-state index in [0.717, 1.165) is 39.0 Å². The third kappa shape index (κ3) is 11.6. The molecule has 0 saturated heterocycles. The second-order valence-corrected chi connectivity index (χ2v) is 11.4. The number of nitrogens with zero attached hydrogens (tertiary/aromatic N) is 3. The van der Waals surface area contributed by atoms with Crippen LogP contribution in [0.2, 0.25) is 13.1 Å². The van der Waals surface area contributed by atoms with E-state index in [-0.39, 0.29) is 0 Å². The van der Waals surface area contributed by atoms with Gasteiger partial charge in [-0.2, -0.15) is 0 Å². The molecule has 0 amide bonds. The summed E-state index contributed by atoms with van der Waals surface area (Å²) in [4.78, 5) is 7.73. The lowest BCUT2D eigenvalue weighted by molar-refractivity contribution is 0.222. The molecule has 146 valence electrons. The van der Waals surface area contributed by atoms with Crippen LogP contribution in [0.25, 0.3) is 0 Å². The Balaban J connectivity index is 4.42. The van der Waals surface area contributed by atoms with Crippen LogP contribution < -0.4 is 0 Å². The molecule has 0 bridgehead atoms. The van der Waals surface area contributed by atoms with Crippen LogP contribution >= 0.6 is 0 Å². The maximum atomic E-state index is 6.08. The van der Waals surface area contributed by atoms with Gasteiger partial charge in [-0.3, -0.25) is 0 Å². The molecule has 0 aromatic carbocycles. The Morgan fingerprint density at radius 3 is 1.33 bits per heavy atom. The van der Waals surface area contributed by atoms with Gasteiger partial charge in [0.2, 0.25) is 0 Å². The standard InChI is InChI=1S/C19H45N3OSi/c1-8-20(9-2)15-13-17-22(19-24(6,7)23-12-5)18-14-16-21(10-3)11-4/h8-19H2,1-7H3. The minimum atomic E-state index is -1.56. The molecule has 0 radical (unpaired) electrons. The Hall–Kier alpha value is 0.0569. The van der Waals surface area contributed by atoms with Crippen molar-refractivity contribution in [2.75, 3.05) is 65.1 Å². The molecule has 0 N–H and O–H groups in total. The van der Waals surface area contributed by atoms with Gasteiger partial charge in [0.05, 0.1) is 0 Å². The van der Waals surface area contributed by atoms with E-state index in [0.29, 0.717) is 0 Å². The number of rotatable bonds is 16. The van der Waals surface area contributed by atoms with Gasteiger partial charge in [0.1, 0.15) is 0 Å². The molecular formula is C19H45N3OSi. The lowest BCUT2D eigenvalue weighted by Crippen LogP contribution is -2.46. The molecule has 0 aromatic rings. The quantitative estimate of drug-likeness (QED) is 0.392. The largest absolute Gasteiger partial charge is 0.416 e. The normalized spacial score (nSPS) is 12.8. The Bertz CT molecular complexity index is 264. The molecule has 0 aliphatic carbocycles. The van der Waals surface area contributed by atoms with Gasteiger partial charge < -0.3 is 19.1 Å². The minimum absolute atomic E-state index is 0.853. The van der Waals surface area contributed by atoms with Gasteiger partial charge >= 0.3 is 0 Å². The molecule has 0 atom stereocenters. The first-order valence-electron chi connectivity index (χ1n) is 10.2. The van der Waals surface area contributed by atoms with Crippen LogP contribution in [-0.2, 0) is 4.43 Å². The summed E-state index contributed by atoms with van der Waals surface area (Å²) in [7, 11) is -1.56. The molecule has 0 saturated carbocycles. The fourth-order valence-electron chi connectivity index (χ4n) is 3.36. The van der Waals surface area contributed by atoms with Gasteiger partial charge in [0.25, 0.3) is 0 Å². The van der Waals surface area contributed by atoms with E-state index >= 15 is 0 Å². The molecular weight excluding hydrogens is 314 g/mol. The number of hydrogen-bond donors (Lipinski definition) is 0. The van der Waals surface area contributed by atoms with E-state index in [1.165, 1.54) is 39.0 Å². The summed E-state index contributed by atoms with van der Waals surface area (Å²) in [6.07, 6.45) is 3.70. The summed E-state index contributed by atoms with van der Waals surface area (Å²) in [5.41, 5.74) is 0. The SMILES string of the molecule is CCO[Si](C)(C)CN(CCCN(CC)CC)CCCN(CC)CC. The van der Waals surface area contributed by atoms with Crippen LogP contribution in [0, 0.1) is 0 Å². The highest BCUT2D eigenvalue weighted by Gasteiger charge is 2.25. The molecule has 0 heterocycles. The fourth-order valence-corrected chi connectivity index (χ4v) is 5.63. The minimum Gasteiger partial charge on any atom is -0.416 e. The van der Waals surface area contributed by atoms with Crippen molar-refractivity contribution in [3.8, 4) is 0 Å². The van der Waals surface area contributed by atoms with E-state index in [1.807, 2.05) is 0 Å². The third-order valence-corrected chi connectivity index (χ3v) is 7.10.